The summed E-state index contributed by atoms with van der Waals surface area (Å²) in [5, 5.41) is 6.73. The smallest absolute Gasteiger partial charge is 0.0959 e. The zero-order valence-electron chi connectivity index (χ0n) is 15.3. The summed E-state index contributed by atoms with van der Waals surface area (Å²) in [5.41, 5.74) is 6.40. The molecule has 4 rings (SSSR count). The fourth-order valence-corrected chi connectivity index (χ4v) is 2.63. The third-order valence-corrected chi connectivity index (χ3v) is 3.98. The van der Waals surface area contributed by atoms with Crippen LogP contribution in [0, 0.1) is 13.8 Å². The Hall–Kier alpha value is -2.99. The number of aromatic nitrogens is 5. The molecule has 0 amide bonds. The highest BCUT2D eigenvalue weighted by molar-refractivity contribution is 5.75. The number of pyridine rings is 1. The third kappa shape index (κ3) is 4.34. The van der Waals surface area contributed by atoms with Crippen molar-refractivity contribution in [2.45, 2.75) is 20.4 Å². The van der Waals surface area contributed by atoms with Gasteiger partial charge < -0.3 is 9.30 Å². The first-order valence-corrected chi connectivity index (χ1v) is 8.51. The van der Waals surface area contributed by atoms with Crippen LogP contribution in [0.5, 0.6) is 0 Å². The van der Waals surface area contributed by atoms with Crippen molar-refractivity contribution in [1.82, 2.24) is 24.7 Å². The molecule has 0 radical (unpaired) electrons. The quantitative estimate of drug-likeness (QED) is 0.609. The van der Waals surface area contributed by atoms with Gasteiger partial charge in [-0.2, -0.15) is 5.10 Å². The largest absolute Gasteiger partial charge is 0.383 e. The van der Waals surface area contributed by atoms with Crippen LogP contribution >= 0.6 is 0 Å². The highest BCUT2D eigenvalue weighted by Crippen LogP contribution is 2.14. The Balaban J connectivity index is 0.000000152. The highest BCUT2D eigenvalue weighted by Gasteiger charge is 2.01. The number of hydrogen-bond acceptors (Lipinski definition) is 4. The molecule has 3 aromatic heterocycles. The van der Waals surface area contributed by atoms with Crippen LogP contribution in [0.3, 0.4) is 0 Å². The number of nitrogens with zero attached hydrogens (tertiary/aromatic N) is 4. The lowest BCUT2D eigenvalue weighted by Gasteiger charge is -2.03. The van der Waals surface area contributed by atoms with Crippen LogP contribution in [0.2, 0.25) is 0 Å². The molecule has 134 valence electrons. The molecule has 1 N–H and O–H groups in total. The lowest BCUT2D eigenvalue weighted by molar-refractivity contribution is 0.188. The molecule has 0 bridgehead atoms. The summed E-state index contributed by atoms with van der Waals surface area (Å²) < 4.78 is 7.16. The lowest BCUT2D eigenvalue weighted by Crippen LogP contribution is -2.02. The number of nitrogens with one attached hydrogen (secondary N) is 1. The van der Waals surface area contributed by atoms with Crippen LogP contribution in [-0.4, -0.2) is 38.4 Å². The predicted octanol–water partition coefficient (Wildman–Crippen LogP) is 3.77. The number of ether oxygens (including phenoxy) is 1. The summed E-state index contributed by atoms with van der Waals surface area (Å²) in [6.45, 7) is 5.64. The van der Waals surface area contributed by atoms with Crippen molar-refractivity contribution in [3.05, 3.63) is 66.2 Å². The number of imidazole rings is 1. The molecule has 4 aromatic rings. The molecular weight excluding hydrogens is 326 g/mol. The predicted molar refractivity (Wildman–Crippen MR) is 103 cm³/mol. The van der Waals surface area contributed by atoms with Gasteiger partial charge in [0.05, 0.1) is 35.4 Å². The minimum Gasteiger partial charge on any atom is -0.383 e. The van der Waals surface area contributed by atoms with Crippen molar-refractivity contribution in [3.63, 3.8) is 0 Å². The Kier molecular flexibility index (Phi) is 5.76. The van der Waals surface area contributed by atoms with Gasteiger partial charge in [-0.05, 0) is 49.7 Å². The SMILES string of the molecule is COCCn1cnc2ccc(C)cc21.Cc1cccc(-c2ccn[nH]2)n1. The molecule has 0 unspecified atom stereocenters. The average Bonchev–Trinajstić information content (AvgIpc) is 3.30. The molecular formula is C20H23N5O. The zero-order valence-corrected chi connectivity index (χ0v) is 15.3. The van der Waals surface area contributed by atoms with Gasteiger partial charge in [-0.15, -0.1) is 0 Å². The molecule has 26 heavy (non-hydrogen) atoms. The summed E-state index contributed by atoms with van der Waals surface area (Å²) in [4.78, 5) is 8.66. The first kappa shape index (κ1) is 17.8. The molecule has 0 fully saturated rings. The molecule has 0 atom stereocenters. The second kappa shape index (κ2) is 8.40. The van der Waals surface area contributed by atoms with E-state index in [0.717, 1.165) is 35.8 Å². The van der Waals surface area contributed by atoms with Gasteiger partial charge in [0.15, 0.2) is 0 Å². The van der Waals surface area contributed by atoms with Crippen LogP contribution in [0.4, 0.5) is 0 Å². The van der Waals surface area contributed by atoms with Gasteiger partial charge in [-0.3, -0.25) is 10.1 Å². The summed E-state index contributed by atoms with van der Waals surface area (Å²) in [6.07, 6.45) is 3.59. The maximum atomic E-state index is 5.05. The molecule has 0 saturated carbocycles. The normalized spacial score (nSPS) is 10.6. The second-order valence-corrected chi connectivity index (χ2v) is 6.06. The number of aromatic amines is 1. The van der Waals surface area contributed by atoms with E-state index in [0.29, 0.717) is 0 Å². The highest BCUT2D eigenvalue weighted by atomic mass is 16.5. The van der Waals surface area contributed by atoms with Crippen molar-refractivity contribution in [1.29, 1.82) is 0 Å². The number of benzene rings is 1. The lowest BCUT2D eigenvalue weighted by atomic mass is 10.2. The molecule has 1 aromatic carbocycles. The van der Waals surface area contributed by atoms with Crippen LogP contribution in [0.25, 0.3) is 22.4 Å². The van der Waals surface area contributed by atoms with Crippen LogP contribution in [-0.2, 0) is 11.3 Å². The third-order valence-electron chi connectivity index (χ3n) is 3.98. The molecule has 3 heterocycles. The van der Waals surface area contributed by atoms with Gasteiger partial charge in [-0.1, -0.05) is 12.1 Å². The Labute approximate surface area is 152 Å². The summed E-state index contributed by atoms with van der Waals surface area (Å²) in [6, 6.07) is 14.1. The fourth-order valence-electron chi connectivity index (χ4n) is 2.63. The molecule has 0 spiro atoms. The van der Waals surface area contributed by atoms with Gasteiger partial charge in [0.2, 0.25) is 0 Å². The van der Waals surface area contributed by atoms with Crippen molar-refractivity contribution < 1.29 is 4.74 Å². The van der Waals surface area contributed by atoms with Gasteiger partial charge in [0.25, 0.3) is 0 Å². The van der Waals surface area contributed by atoms with E-state index in [1.165, 1.54) is 11.1 Å². The fraction of sp³-hybridized carbons (Fsp3) is 0.250. The van der Waals surface area contributed by atoms with E-state index in [1.54, 1.807) is 13.3 Å². The van der Waals surface area contributed by atoms with E-state index < -0.39 is 0 Å². The van der Waals surface area contributed by atoms with E-state index in [2.05, 4.69) is 43.8 Å². The molecule has 0 saturated heterocycles. The average molecular weight is 349 g/mol. The van der Waals surface area contributed by atoms with Gasteiger partial charge >= 0.3 is 0 Å². The number of hydrogen-bond donors (Lipinski definition) is 1. The van der Waals surface area contributed by atoms with E-state index in [4.69, 9.17) is 4.74 Å². The van der Waals surface area contributed by atoms with Crippen LogP contribution < -0.4 is 0 Å². The van der Waals surface area contributed by atoms with Gasteiger partial charge in [0, 0.05) is 25.5 Å². The monoisotopic (exact) mass is 349 g/mol. The van der Waals surface area contributed by atoms with Crippen molar-refractivity contribution >= 4 is 11.0 Å². The topological polar surface area (TPSA) is 68.6 Å². The number of fused-ring (bicyclic) bond motifs is 1. The first-order chi connectivity index (χ1) is 12.7. The Morgan fingerprint density at radius 3 is 2.73 bits per heavy atom. The summed E-state index contributed by atoms with van der Waals surface area (Å²) >= 11 is 0. The maximum Gasteiger partial charge on any atom is 0.0959 e. The number of rotatable bonds is 4. The maximum absolute atomic E-state index is 5.05. The van der Waals surface area contributed by atoms with Crippen LogP contribution in [0.1, 0.15) is 11.3 Å². The summed E-state index contributed by atoms with van der Waals surface area (Å²) in [5.74, 6) is 0. The van der Waals surface area contributed by atoms with Gasteiger partial charge in [0.1, 0.15) is 0 Å². The first-order valence-electron chi connectivity index (χ1n) is 8.51. The number of H-pyrrole nitrogens is 1. The van der Waals surface area contributed by atoms with Crippen molar-refractivity contribution in [3.8, 4) is 11.4 Å². The van der Waals surface area contributed by atoms with E-state index >= 15 is 0 Å². The Morgan fingerprint density at radius 2 is 2.00 bits per heavy atom. The second-order valence-electron chi connectivity index (χ2n) is 6.06. The molecule has 0 aliphatic carbocycles. The Morgan fingerprint density at radius 1 is 1.12 bits per heavy atom. The van der Waals surface area contributed by atoms with Crippen molar-refractivity contribution in [2.75, 3.05) is 13.7 Å². The van der Waals surface area contributed by atoms with Crippen molar-refractivity contribution in [2.24, 2.45) is 0 Å². The molecule has 6 heteroatoms. The number of aryl methyl sites for hydroxylation is 2. The standard InChI is InChI=1S/C11H14N2O.C9H9N3/c1-9-3-4-10-11(7-9)13(8-12-10)5-6-14-2;1-7-3-2-4-8(11-7)9-5-6-10-12-9/h3-4,7-8H,5-6H2,1-2H3;2-6H,1H3,(H,10,12). The molecule has 6 nitrogen and oxygen atoms in total. The van der Waals surface area contributed by atoms with E-state index in [9.17, 15) is 0 Å². The van der Waals surface area contributed by atoms with E-state index in [-0.39, 0.29) is 0 Å². The van der Waals surface area contributed by atoms with Crippen LogP contribution in [0.15, 0.2) is 55.0 Å². The van der Waals surface area contributed by atoms with E-state index in [1.807, 2.05) is 43.6 Å². The Bertz CT molecular complexity index is 959. The number of methoxy groups -OCH3 is 1. The zero-order chi connectivity index (χ0) is 18.4. The molecule has 0 aliphatic heterocycles. The van der Waals surface area contributed by atoms with Gasteiger partial charge in [-0.25, -0.2) is 4.98 Å². The minimum atomic E-state index is 0.722. The minimum absolute atomic E-state index is 0.722. The molecule has 0 aliphatic rings. The summed E-state index contributed by atoms with van der Waals surface area (Å²) in [7, 11) is 1.71.